The van der Waals surface area contributed by atoms with Crippen LogP contribution < -0.4 is 5.32 Å². The number of hydrogen-bond acceptors (Lipinski definition) is 4. The van der Waals surface area contributed by atoms with Crippen LogP contribution in [0.2, 0.25) is 0 Å². The molecule has 0 saturated heterocycles. The van der Waals surface area contributed by atoms with Crippen LogP contribution in [0.15, 0.2) is 54.6 Å². The predicted molar refractivity (Wildman–Crippen MR) is 102 cm³/mol. The first-order valence-electron chi connectivity index (χ1n) is 8.41. The molecule has 0 aliphatic carbocycles. The van der Waals surface area contributed by atoms with E-state index in [1.54, 1.807) is 0 Å². The van der Waals surface area contributed by atoms with Gasteiger partial charge in [-0.25, -0.2) is 0 Å². The highest BCUT2D eigenvalue weighted by atomic mass is 32.1. The zero-order valence-electron chi connectivity index (χ0n) is 14.2. The van der Waals surface area contributed by atoms with E-state index in [1.165, 1.54) is 22.5 Å². The average Bonchev–Trinajstić information content (AvgIpc) is 3.05. The number of hydrogen-bond donors (Lipinski definition) is 1. The van der Waals surface area contributed by atoms with Crippen LogP contribution >= 0.6 is 11.3 Å². The van der Waals surface area contributed by atoms with Crippen molar-refractivity contribution in [2.75, 3.05) is 5.32 Å². The molecule has 0 aliphatic heterocycles. The summed E-state index contributed by atoms with van der Waals surface area (Å²) in [6.45, 7) is 2.03. The molecule has 0 spiro atoms. The molecular weight excluding hydrogens is 330 g/mol. The molecule has 128 valence electrons. The summed E-state index contributed by atoms with van der Waals surface area (Å²) in [5.74, 6) is -0.0594. The molecule has 3 rings (SSSR count). The van der Waals surface area contributed by atoms with E-state index < -0.39 is 0 Å². The number of amides is 1. The van der Waals surface area contributed by atoms with E-state index in [0.717, 1.165) is 29.8 Å². The SMILES string of the molecule is Cc1ccc(CC(=O)Nc2nnc(CCCc3ccccc3)s2)cc1. The van der Waals surface area contributed by atoms with Gasteiger partial charge in [0, 0.05) is 6.42 Å². The molecule has 3 aromatic rings. The molecule has 2 aromatic carbocycles. The summed E-state index contributed by atoms with van der Waals surface area (Å²) < 4.78 is 0. The molecule has 0 fully saturated rings. The minimum atomic E-state index is -0.0594. The first-order valence-corrected chi connectivity index (χ1v) is 9.22. The number of benzene rings is 2. The van der Waals surface area contributed by atoms with Gasteiger partial charge < -0.3 is 5.32 Å². The summed E-state index contributed by atoms with van der Waals surface area (Å²) >= 11 is 1.46. The van der Waals surface area contributed by atoms with Gasteiger partial charge in [0.2, 0.25) is 11.0 Å². The van der Waals surface area contributed by atoms with Crippen molar-refractivity contribution in [2.45, 2.75) is 32.6 Å². The summed E-state index contributed by atoms with van der Waals surface area (Å²) in [7, 11) is 0. The lowest BCUT2D eigenvalue weighted by Gasteiger charge is -2.02. The third kappa shape index (κ3) is 5.50. The van der Waals surface area contributed by atoms with Crippen LogP contribution in [0.3, 0.4) is 0 Å². The molecule has 1 N–H and O–H groups in total. The number of anilines is 1. The Bertz CT molecular complexity index is 812. The fraction of sp³-hybridized carbons (Fsp3) is 0.250. The standard InChI is InChI=1S/C20H21N3OS/c1-15-10-12-17(13-11-15)14-18(24)21-20-23-22-19(25-20)9-5-8-16-6-3-2-4-7-16/h2-4,6-7,10-13H,5,8-9,14H2,1H3,(H,21,23,24). The summed E-state index contributed by atoms with van der Waals surface area (Å²) in [4.78, 5) is 12.1. The lowest BCUT2D eigenvalue weighted by atomic mass is 10.1. The highest BCUT2D eigenvalue weighted by Crippen LogP contribution is 2.18. The van der Waals surface area contributed by atoms with Crippen molar-refractivity contribution in [3.8, 4) is 0 Å². The van der Waals surface area contributed by atoms with Crippen molar-refractivity contribution >= 4 is 22.4 Å². The molecule has 1 heterocycles. The number of carbonyl (C=O) groups excluding carboxylic acids is 1. The quantitative estimate of drug-likeness (QED) is 0.694. The van der Waals surface area contributed by atoms with Gasteiger partial charge in [-0.05, 0) is 30.9 Å². The molecule has 0 atom stereocenters. The van der Waals surface area contributed by atoms with E-state index in [4.69, 9.17) is 0 Å². The van der Waals surface area contributed by atoms with Gasteiger partial charge in [0.05, 0.1) is 6.42 Å². The summed E-state index contributed by atoms with van der Waals surface area (Å²) in [6, 6.07) is 18.4. The summed E-state index contributed by atoms with van der Waals surface area (Å²) in [5, 5.41) is 12.6. The Hall–Kier alpha value is -2.53. The third-order valence-corrected chi connectivity index (χ3v) is 4.80. The first-order chi connectivity index (χ1) is 12.2. The Labute approximate surface area is 151 Å². The number of aromatic nitrogens is 2. The summed E-state index contributed by atoms with van der Waals surface area (Å²) in [5.41, 5.74) is 3.52. The second-order valence-corrected chi connectivity index (χ2v) is 7.11. The zero-order valence-corrected chi connectivity index (χ0v) is 15.1. The van der Waals surface area contributed by atoms with Gasteiger partial charge in [-0.15, -0.1) is 10.2 Å². The monoisotopic (exact) mass is 351 g/mol. The minimum Gasteiger partial charge on any atom is -0.300 e. The topological polar surface area (TPSA) is 54.9 Å². The number of nitrogens with one attached hydrogen (secondary N) is 1. The number of rotatable bonds is 7. The van der Waals surface area contributed by atoms with Crippen molar-refractivity contribution in [3.63, 3.8) is 0 Å². The Morgan fingerprint density at radius 2 is 1.72 bits per heavy atom. The maximum absolute atomic E-state index is 12.1. The van der Waals surface area contributed by atoms with E-state index in [-0.39, 0.29) is 5.91 Å². The fourth-order valence-electron chi connectivity index (χ4n) is 2.55. The van der Waals surface area contributed by atoms with Crippen molar-refractivity contribution in [1.29, 1.82) is 0 Å². The van der Waals surface area contributed by atoms with Gasteiger partial charge in [0.25, 0.3) is 0 Å². The van der Waals surface area contributed by atoms with Crippen LogP contribution in [0.5, 0.6) is 0 Å². The second-order valence-electron chi connectivity index (χ2n) is 6.05. The van der Waals surface area contributed by atoms with E-state index in [2.05, 4.69) is 39.8 Å². The smallest absolute Gasteiger partial charge is 0.230 e. The Balaban J connectivity index is 1.46. The molecule has 1 amide bonds. The zero-order chi connectivity index (χ0) is 17.5. The van der Waals surface area contributed by atoms with E-state index in [1.807, 2.05) is 37.3 Å². The molecule has 0 unspecified atom stereocenters. The van der Waals surface area contributed by atoms with E-state index in [9.17, 15) is 4.79 Å². The normalized spacial score (nSPS) is 10.6. The molecule has 0 aliphatic rings. The lowest BCUT2D eigenvalue weighted by Crippen LogP contribution is -2.14. The van der Waals surface area contributed by atoms with Crippen LogP contribution in [-0.2, 0) is 24.1 Å². The molecule has 1 aromatic heterocycles. The maximum atomic E-state index is 12.1. The van der Waals surface area contributed by atoms with Crippen molar-refractivity contribution in [2.24, 2.45) is 0 Å². The van der Waals surface area contributed by atoms with Crippen LogP contribution in [-0.4, -0.2) is 16.1 Å². The van der Waals surface area contributed by atoms with Gasteiger partial charge in [-0.3, -0.25) is 4.79 Å². The van der Waals surface area contributed by atoms with Crippen LogP contribution in [0, 0.1) is 6.92 Å². The molecular formula is C20H21N3OS. The van der Waals surface area contributed by atoms with Crippen LogP contribution in [0.25, 0.3) is 0 Å². The predicted octanol–water partition coefficient (Wildman–Crippen LogP) is 4.20. The number of nitrogens with zero attached hydrogens (tertiary/aromatic N) is 2. The lowest BCUT2D eigenvalue weighted by molar-refractivity contribution is -0.115. The first kappa shape index (κ1) is 17.3. The summed E-state index contributed by atoms with van der Waals surface area (Å²) in [6.07, 6.45) is 3.27. The highest BCUT2D eigenvalue weighted by molar-refractivity contribution is 7.15. The van der Waals surface area contributed by atoms with Crippen LogP contribution in [0.1, 0.15) is 28.1 Å². The highest BCUT2D eigenvalue weighted by Gasteiger charge is 2.09. The van der Waals surface area contributed by atoms with Gasteiger partial charge in [0.1, 0.15) is 5.01 Å². The molecule has 4 nitrogen and oxygen atoms in total. The average molecular weight is 351 g/mol. The minimum absolute atomic E-state index is 0.0594. The number of aryl methyl sites for hydroxylation is 3. The molecule has 5 heteroatoms. The van der Waals surface area contributed by atoms with E-state index in [0.29, 0.717) is 11.6 Å². The van der Waals surface area contributed by atoms with Crippen LogP contribution in [0.4, 0.5) is 5.13 Å². The number of carbonyl (C=O) groups is 1. The largest absolute Gasteiger partial charge is 0.300 e. The van der Waals surface area contributed by atoms with Gasteiger partial charge in [0.15, 0.2) is 0 Å². The maximum Gasteiger partial charge on any atom is 0.230 e. The van der Waals surface area contributed by atoms with Crippen molar-refractivity contribution in [3.05, 3.63) is 76.3 Å². The third-order valence-electron chi connectivity index (χ3n) is 3.90. The second kappa shape index (κ2) is 8.53. The van der Waals surface area contributed by atoms with Gasteiger partial charge >= 0.3 is 0 Å². The molecule has 0 bridgehead atoms. The molecule has 25 heavy (non-hydrogen) atoms. The van der Waals surface area contributed by atoms with Gasteiger partial charge in [-0.1, -0.05) is 71.5 Å². The van der Waals surface area contributed by atoms with E-state index >= 15 is 0 Å². The van der Waals surface area contributed by atoms with Gasteiger partial charge in [-0.2, -0.15) is 0 Å². The Morgan fingerprint density at radius 3 is 2.48 bits per heavy atom. The molecule has 0 saturated carbocycles. The molecule has 0 radical (unpaired) electrons. The van der Waals surface area contributed by atoms with Crippen molar-refractivity contribution < 1.29 is 4.79 Å². The fourth-order valence-corrected chi connectivity index (χ4v) is 3.35. The van der Waals surface area contributed by atoms with Crippen molar-refractivity contribution in [1.82, 2.24) is 10.2 Å². The Morgan fingerprint density at radius 1 is 0.960 bits per heavy atom. The Kier molecular flexibility index (Phi) is 5.90.